The molecule has 0 bridgehead atoms. The van der Waals surface area contributed by atoms with Crippen LogP contribution in [0, 0.1) is 0 Å². The van der Waals surface area contributed by atoms with Crippen molar-refractivity contribution in [2.24, 2.45) is 0 Å². The summed E-state index contributed by atoms with van der Waals surface area (Å²) in [7, 11) is 0. The summed E-state index contributed by atoms with van der Waals surface area (Å²) in [6, 6.07) is 9.78. The van der Waals surface area contributed by atoms with E-state index in [4.69, 9.17) is 0 Å². The average molecular weight is 280 g/mol. The molecule has 0 saturated carbocycles. The van der Waals surface area contributed by atoms with Crippen LogP contribution >= 0.6 is 15.9 Å². The van der Waals surface area contributed by atoms with Gasteiger partial charge in [-0.05, 0) is 35.5 Å². The van der Waals surface area contributed by atoms with E-state index in [1.165, 1.54) is 0 Å². The predicted octanol–water partition coefficient (Wildman–Crippen LogP) is 3.42. The average Bonchev–Trinajstić information content (AvgIpc) is 2.28. The second-order valence-electron chi connectivity index (χ2n) is 3.71. The molecule has 0 unspecified atom stereocenters. The van der Waals surface area contributed by atoms with Gasteiger partial charge >= 0.3 is 0 Å². The largest absolute Gasteiger partial charge is 0.508 e. The minimum atomic E-state index is 0.357. The Bertz CT molecular complexity index is 511. The number of hydrogen-bond acceptors (Lipinski definition) is 2. The van der Waals surface area contributed by atoms with Crippen molar-refractivity contribution in [3.8, 4) is 5.75 Å². The molecule has 0 amide bonds. The Kier molecular flexibility index (Phi) is 3.46. The van der Waals surface area contributed by atoms with Crippen LogP contribution < -0.4 is 5.32 Å². The van der Waals surface area contributed by atoms with E-state index >= 15 is 0 Å². The number of phenols is 1. The Hall–Kier alpha value is -1.06. The fourth-order valence-corrected chi connectivity index (χ4v) is 2.17. The van der Waals surface area contributed by atoms with Crippen LogP contribution in [0.3, 0.4) is 0 Å². The molecule has 0 radical (unpaired) electrons. The van der Waals surface area contributed by atoms with E-state index in [1.54, 1.807) is 6.07 Å². The van der Waals surface area contributed by atoms with E-state index in [0.29, 0.717) is 12.3 Å². The second kappa shape index (κ2) is 4.85. The van der Waals surface area contributed by atoms with Gasteiger partial charge in [-0.2, -0.15) is 0 Å². The van der Waals surface area contributed by atoms with Crippen LogP contribution in [-0.2, 0) is 6.54 Å². The maximum absolute atomic E-state index is 9.85. The number of halogens is 1. The lowest BCUT2D eigenvalue weighted by molar-refractivity contribution is 0.466. The Morgan fingerprint density at radius 1 is 1.25 bits per heavy atom. The topological polar surface area (TPSA) is 32.3 Å². The number of fused-ring (bicyclic) bond motifs is 1. The smallest absolute Gasteiger partial charge is 0.120 e. The van der Waals surface area contributed by atoms with E-state index in [1.807, 2.05) is 18.2 Å². The van der Waals surface area contributed by atoms with Gasteiger partial charge in [-0.25, -0.2) is 0 Å². The quantitative estimate of drug-likeness (QED) is 0.903. The van der Waals surface area contributed by atoms with Gasteiger partial charge in [0, 0.05) is 16.6 Å². The molecule has 2 nitrogen and oxygen atoms in total. The molecule has 2 aromatic rings. The fraction of sp³-hybridized carbons (Fsp3) is 0.231. The molecule has 2 aromatic carbocycles. The van der Waals surface area contributed by atoms with Gasteiger partial charge in [0.15, 0.2) is 0 Å². The van der Waals surface area contributed by atoms with Crippen molar-refractivity contribution in [2.75, 3.05) is 6.54 Å². The fourth-order valence-electron chi connectivity index (χ4n) is 1.79. The van der Waals surface area contributed by atoms with E-state index in [0.717, 1.165) is 27.4 Å². The maximum Gasteiger partial charge on any atom is 0.120 e. The monoisotopic (exact) mass is 279 g/mol. The summed E-state index contributed by atoms with van der Waals surface area (Å²) in [6.07, 6.45) is 0. The molecule has 0 aliphatic carbocycles. The summed E-state index contributed by atoms with van der Waals surface area (Å²) < 4.78 is 1.06. The van der Waals surface area contributed by atoms with Crippen LogP contribution in [0.15, 0.2) is 34.8 Å². The van der Waals surface area contributed by atoms with Gasteiger partial charge in [0.25, 0.3) is 0 Å². The highest BCUT2D eigenvalue weighted by Gasteiger charge is 2.06. The van der Waals surface area contributed by atoms with E-state index in [-0.39, 0.29) is 0 Å². The molecule has 2 rings (SSSR count). The third-order valence-electron chi connectivity index (χ3n) is 2.62. The van der Waals surface area contributed by atoms with E-state index in [2.05, 4.69) is 34.2 Å². The lowest BCUT2D eigenvalue weighted by Gasteiger charge is -2.09. The first kappa shape index (κ1) is 11.4. The molecule has 0 aromatic heterocycles. The van der Waals surface area contributed by atoms with Crippen LogP contribution in [0.25, 0.3) is 10.8 Å². The highest BCUT2D eigenvalue weighted by Crippen LogP contribution is 2.29. The number of hydrogen-bond donors (Lipinski definition) is 2. The first-order valence-electron chi connectivity index (χ1n) is 5.33. The standard InChI is InChI=1S/C13H14BrNO/c1-2-15-8-12-11-5-4-10(14)7-9(11)3-6-13(12)16/h3-7,15-16H,2,8H2,1H3. The summed E-state index contributed by atoms with van der Waals surface area (Å²) in [5.41, 5.74) is 0.965. The molecular weight excluding hydrogens is 266 g/mol. The number of phenolic OH excluding ortho intramolecular Hbond substituents is 1. The summed E-state index contributed by atoms with van der Waals surface area (Å²) in [4.78, 5) is 0. The zero-order valence-corrected chi connectivity index (χ0v) is 10.7. The Balaban J connectivity index is 2.55. The van der Waals surface area contributed by atoms with Gasteiger partial charge in [0.05, 0.1) is 0 Å². The number of nitrogens with one attached hydrogen (secondary N) is 1. The molecule has 0 heterocycles. The summed E-state index contributed by atoms with van der Waals surface area (Å²) in [5.74, 6) is 0.357. The van der Waals surface area contributed by atoms with Crippen molar-refractivity contribution < 1.29 is 5.11 Å². The van der Waals surface area contributed by atoms with Gasteiger partial charge in [-0.1, -0.05) is 35.0 Å². The van der Waals surface area contributed by atoms with Crippen molar-refractivity contribution in [1.82, 2.24) is 5.32 Å². The number of rotatable bonds is 3. The predicted molar refractivity (Wildman–Crippen MR) is 70.7 cm³/mol. The van der Waals surface area contributed by atoms with Gasteiger partial charge in [0.2, 0.25) is 0 Å². The minimum absolute atomic E-state index is 0.357. The van der Waals surface area contributed by atoms with Crippen molar-refractivity contribution in [3.05, 3.63) is 40.4 Å². The first-order chi connectivity index (χ1) is 7.72. The first-order valence-corrected chi connectivity index (χ1v) is 6.12. The summed E-state index contributed by atoms with van der Waals surface area (Å²) in [6.45, 7) is 3.65. The normalized spacial score (nSPS) is 10.9. The summed E-state index contributed by atoms with van der Waals surface area (Å²) in [5, 5.41) is 15.3. The van der Waals surface area contributed by atoms with Crippen LogP contribution in [0.1, 0.15) is 12.5 Å². The van der Waals surface area contributed by atoms with Gasteiger partial charge in [-0.15, -0.1) is 0 Å². The lowest BCUT2D eigenvalue weighted by Crippen LogP contribution is -2.12. The van der Waals surface area contributed by atoms with Crippen LogP contribution in [-0.4, -0.2) is 11.7 Å². The molecule has 0 aliphatic heterocycles. The Labute approximate surface area is 103 Å². The van der Waals surface area contributed by atoms with Gasteiger partial charge < -0.3 is 10.4 Å². The molecule has 0 saturated heterocycles. The SMILES string of the molecule is CCNCc1c(O)ccc2cc(Br)ccc12. The molecule has 3 heteroatoms. The zero-order chi connectivity index (χ0) is 11.5. The third kappa shape index (κ3) is 2.20. The van der Waals surface area contributed by atoms with Crippen LogP contribution in [0.5, 0.6) is 5.75 Å². The molecule has 0 spiro atoms. The highest BCUT2D eigenvalue weighted by atomic mass is 79.9. The van der Waals surface area contributed by atoms with Crippen molar-refractivity contribution >= 4 is 26.7 Å². The van der Waals surface area contributed by atoms with Crippen molar-refractivity contribution in [2.45, 2.75) is 13.5 Å². The van der Waals surface area contributed by atoms with Crippen LogP contribution in [0.2, 0.25) is 0 Å². The van der Waals surface area contributed by atoms with Crippen molar-refractivity contribution in [3.63, 3.8) is 0 Å². The molecule has 84 valence electrons. The van der Waals surface area contributed by atoms with Gasteiger partial charge in [0.1, 0.15) is 5.75 Å². The van der Waals surface area contributed by atoms with Crippen LogP contribution in [0.4, 0.5) is 0 Å². The molecule has 0 atom stereocenters. The lowest BCUT2D eigenvalue weighted by atomic mass is 10.0. The van der Waals surface area contributed by atoms with E-state index in [9.17, 15) is 5.11 Å². The Morgan fingerprint density at radius 2 is 2.06 bits per heavy atom. The number of benzene rings is 2. The Morgan fingerprint density at radius 3 is 2.81 bits per heavy atom. The molecule has 0 aliphatic rings. The van der Waals surface area contributed by atoms with Crippen molar-refractivity contribution in [1.29, 1.82) is 0 Å². The maximum atomic E-state index is 9.85. The molecule has 2 N–H and O–H groups in total. The molecule has 16 heavy (non-hydrogen) atoms. The molecular formula is C13H14BrNO. The third-order valence-corrected chi connectivity index (χ3v) is 3.11. The second-order valence-corrected chi connectivity index (χ2v) is 4.62. The summed E-state index contributed by atoms with van der Waals surface area (Å²) >= 11 is 3.45. The number of aromatic hydroxyl groups is 1. The highest BCUT2D eigenvalue weighted by molar-refractivity contribution is 9.10. The zero-order valence-electron chi connectivity index (χ0n) is 9.13. The minimum Gasteiger partial charge on any atom is -0.508 e. The van der Waals surface area contributed by atoms with E-state index < -0.39 is 0 Å². The molecule has 0 fully saturated rings. The van der Waals surface area contributed by atoms with Gasteiger partial charge in [-0.3, -0.25) is 0 Å².